The van der Waals surface area contributed by atoms with E-state index in [2.05, 4.69) is 63.9 Å². The summed E-state index contributed by atoms with van der Waals surface area (Å²) < 4.78 is 18.4. The Hall–Kier alpha value is -6.36. The van der Waals surface area contributed by atoms with Crippen LogP contribution in [0.1, 0.15) is 58.4 Å². The van der Waals surface area contributed by atoms with Crippen LogP contribution in [0.15, 0.2) is 84.1 Å². The molecule has 4 N–H and O–H groups in total. The van der Waals surface area contributed by atoms with E-state index in [0.717, 1.165) is 70.8 Å². The Morgan fingerprint density at radius 1 is 1.04 bits per heavy atom. The first-order valence-electron chi connectivity index (χ1n) is 18.0. The average molecular weight is 740 g/mol. The van der Waals surface area contributed by atoms with Gasteiger partial charge in [-0.3, -0.25) is 20.1 Å². The number of aliphatic hydroxyl groups is 1. The molecule has 13 heteroatoms. The number of aliphatic imine (C=N–C) groups is 1. The lowest BCUT2D eigenvalue weighted by atomic mass is 9.90. The molecule has 55 heavy (non-hydrogen) atoms. The predicted octanol–water partition coefficient (Wildman–Crippen LogP) is 5.31. The first-order valence-corrected chi connectivity index (χ1v) is 18.0. The number of rotatable bonds is 14. The molecule has 3 aromatic heterocycles. The van der Waals surface area contributed by atoms with Gasteiger partial charge in [-0.05, 0) is 78.8 Å². The molecular weight excluding hydrogens is 699 g/mol. The van der Waals surface area contributed by atoms with Crippen molar-refractivity contribution in [1.82, 2.24) is 25.6 Å². The van der Waals surface area contributed by atoms with E-state index in [9.17, 15) is 20.3 Å². The molecule has 0 saturated heterocycles. The number of aliphatic hydroxyl groups excluding tert-OH is 1. The van der Waals surface area contributed by atoms with Crippen LogP contribution >= 0.6 is 0 Å². The number of fused-ring (bicyclic) bond motifs is 1. The molecule has 2 aromatic carbocycles. The number of amidine groups is 1. The van der Waals surface area contributed by atoms with Gasteiger partial charge < -0.3 is 29.7 Å². The second-order valence-electron chi connectivity index (χ2n) is 13.7. The summed E-state index contributed by atoms with van der Waals surface area (Å²) in [5.74, 6) is 0.699. The molecule has 4 heterocycles. The second-order valence-corrected chi connectivity index (χ2v) is 13.7. The maximum Gasteiger partial charge on any atom is 0.326 e. The number of carboxylic acids is 1. The van der Waals surface area contributed by atoms with Crippen molar-refractivity contribution in [2.45, 2.75) is 51.5 Å². The molecule has 0 amide bonds. The van der Waals surface area contributed by atoms with Crippen molar-refractivity contribution in [3.8, 4) is 46.1 Å². The van der Waals surface area contributed by atoms with Gasteiger partial charge in [-0.1, -0.05) is 36.4 Å². The standard InChI is InChI=1S/C42H41N7O6/c1-25-29(6-4-7-30(25)35-13-11-34(40(48-35)53-3)38-45-16-17-46-38)31-8-5-9-33-32(31)12-14-36(33)55-37-15-10-28(22-47-42(2,24-50)41(51)52)39(49-37)54-23-27-18-26(19-43)20-44-21-27/h4-11,13,15,18,20-21,36,47,50H,12,14,16-17,22-24H2,1-3H3,(H,45,46)(H,51,52)/t36-,42-/m0/s1. The number of nitriles is 1. The molecule has 2 aliphatic rings. The van der Waals surface area contributed by atoms with Crippen molar-refractivity contribution in [2.24, 2.45) is 4.99 Å². The number of aliphatic carboxylic acids is 1. The summed E-state index contributed by atoms with van der Waals surface area (Å²) in [6.45, 7) is 4.55. The Morgan fingerprint density at radius 2 is 1.85 bits per heavy atom. The van der Waals surface area contributed by atoms with Crippen LogP contribution < -0.4 is 24.8 Å². The number of carboxylic acid groups (broad SMARTS) is 1. The zero-order valence-corrected chi connectivity index (χ0v) is 30.8. The molecule has 5 aromatic rings. The Kier molecular flexibility index (Phi) is 10.7. The minimum absolute atomic E-state index is 0.0510. The number of methoxy groups -OCH3 is 1. The fourth-order valence-corrected chi connectivity index (χ4v) is 6.89. The molecule has 2 atom stereocenters. The minimum atomic E-state index is -1.57. The molecule has 1 aliphatic carbocycles. The summed E-state index contributed by atoms with van der Waals surface area (Å²) >= 11 is 0. The molecule has 1 aliphatic heterocycles. The Bertz CT molecular complexity index is 2320. The lowest BCUT2D eigenvalue weighted by molar-refractivity contribution is -0.145. The summed E-state index contributed by atoms with van der Waals surface area (Å²) in [6, 6.07) is 23.8. The van der Waals surface area contributed by atoms with Crippen LogP contribution in [0.4, 0.5) is 0 Å². The summed E-state index contributed by atoms with van der Waals surface area (Å²) in [4.78, 5) is 30.1. The van der Waals surface area contributed by atoms with Gasteiger partial charge >= 0.3 is 5.97 Å². The van der Waals surface area contributed by atoms with E-state index in [1.807, 2.05) is 18.2 Å². The van der Waals surface area contributed by atoms with Crippen LogP contribution in [-0.4, -0.2) is 69.3 Å². The van der Waals surface area contributed by atoms with Gasteiger partial charge in [0.05, 0.1) is 37.1 Å². The summed E-state index contributed by atoms with van der Waals surface area (Å²) in [5, 5.41) is 34.9. The Morgan fingerprint density at radius 3 is 2.62 bits per heavy atom. The van der Waals surface area contributed by atoms with Crippen LogP contribution in [0.3, 0.4) is 0 Å². The van der Waals surface area contributed by atoms with Crippen LogP contribution in [0.5, 0.6) is 17.6 Å². The monoisotopic (exact) mass is 739 g/mol. The van der Waals surface area contributed by atoms with Crippen LogP contribution in [0.2, 0.25) is 0 Å². The lowest BCUT2D eigenvalue weighted by Crippen LogP contribution is -2.52. The van der Waals surface area contributed by atoms with Gasteiger partial charge in [0.2, 0.25) is 17.6 Å². The maximum absolute atomic E-state index is 11.8. The first kappa shape index (κ1) is 37.0. The summed E-state index contributed by atoms with van der Waals surface area (Å²) in [7, 11) is 1.62. The fourth-order valence-electron chi connectivity index (χ4n) is 6.89. The van der Waals surface area contributed by atoms with Gasteiger partial charge in [-0.25, -0.2) is 4.98 Å². The third-order valence-electron chi connectivity index (χ3n) is 10.0. The molecule has 0 spiro atoms. The second kappa shape index (κ2) is 15.9. The highest BCUT2D eigenvalue weighted by Crippen LogP contribution is 2.42. The lowest BCUT2D eigenvalue weighted by Gasteiger charge is -2.24. The Balaban J connectivity index is 1.15. The Labute approximate surface area is 318 Å². The smallest absolute Gasteiger partial charge is 0.326 e. The van der Waals surface area contributed by atoms with Gasteiger partial charge in [0.25, 0.3) is 0 Å². The van der Waals surface area contributed by atoms with Crippen molar-refractivity contribution in [3.05, 3.63) is 118 Å². The van der Waals surface area contributed by atoms with E-state index < -0.39 is 18.1 Å². The highest BCUT2D eigenvalue weighted by atomic mass is 16.5. The molecule has 280 valence electrons. The topological polar surface area (TPSA) is 184 Å². The molecule has 0 unspecified atom stereocenters. The number of nitrogens with one attached hydrogen (secondary N) is 2. The van der Waals surface area contributed by atoms with E-state index in [4.69, 9.17) is 24.2 Å². The van der Waals surface area contributed by atoms with Crippen molar-refractivity contribution in [3.63, 3.8) is 0 Å². The molecular formula is C42H41N7O6. The highest BCUT2D eigenvalue weighted by Gasteiger charge is 2.32. The minimum Gasteiger partial charge on any atom is -0.480 e. The first-order chi connectivity index (χ1) is 26.7. The van der Waals surface area contributed by atoms with Crippen LogP contribution in [0, 0.1) is 18.3 Å². The quantitative estimate of drug-likeness (QED) is 0.115. The molecule has 0 bridgehead atoms. The largest absolute Gasteiger partial charge is 0.480 e. The number of pyridine rings is 3. The van der Waals surface area contributed by atoms with Crippen LogP contribution in [-0.2, 0) is 24.4 Å². The molecule has 0 fully saturated rings. The molecule has 13 nitrogen and oxygen atoms in total. The SMILES string of the molecule is COc1nc(-c2cccc(-c3cccc4c3CC[C@@H]4Oc3ccc(CN[C@@](C)(CO)C(=O)O)c(OCc4cncc(C#N)c4)n3)c2C)ccc1C1=NCCN1. The zero-order chi connectivity index (χ0) is 38.5. The van der Waals surface area contributed by atoms with E-state index in [0.29, 0.717) is 28.5 Å². The summed E-state index contributed by atoms with van der Waals surface area (Å²) in [6.07, 6.45) is 4.34. The molecule has 0 radical (unpaired) electrons. The van der Waals surface area contributed by atoms with Gasteiger partial charge in [-0.15, -0.1) is 0 Å². The third kappa shape index (κ3) is 7.68. The number of hydrogen-bond acceptors (Lipinski definition) is 12. The zero-order valence-electron chi connectivity index (χ0n) is 30.8. The number of ether oxygens (including phenoxy) is 3. The molecule has 7 rings (SSSR count). The number of benzene rings is 2. The van der Waals surface area contributed by atoms with Gasteiger partial charge in [0, 0.05) is 48.2 Å². The number of carbonyl (C=O) groups is 1. The third-order valence-corrected chi connectivity index (χ3v) is 10.0. The number of hydrogen-bond donors (Lipinski definition) is 4. The van der Waals surface area contributed by atoms with Crippen molar-refractivity contribution in [1.29, 1.82) is 5.26 Å². The fraction of sp³-hybridized carbons (Fsp3) is 0.286. The van der Waals surface area contributed by atoms with Crippen LogP contribution in [0.25, 0.3) is 22.4 Å². The van der Waals surface area contributed by atoms with Crippen molar-refractivity contribution >= 4 is 11.8 Å². The van der Waals surface area contributed by atoms with E-state index >= 15 is 0 Å². The average Bonchev–Trinajstić information content (AvgIpc) is 3.90. The van der Waals surface area contributed by atoms with E-state index in [1.165, 1.54) is 18.7 Å². The van der Waals surface area contributed by atoms with Gasteiger partial charge in [0.15, 0.2) is 0 Å². The van der Waals surface area contributed by atoms with Crippen molar-refractivity contribution in [2.75, 3.05) is 26.8 Å². The normalized spacial score (nSPS) is 15.6. The van der Waals surface area contributed by atoms with Gasteiger partial charge in [0.1, 0.15) is 30.2 Å². The number of nitrogens with zero attached hydrogens (tertiary/aromatic N) is 5. The summed E-state index contributed by atoms with van der Waals surface area (Å²) in [5.41, 5.74) is 8.34. The van der Waals surface area contributed by atoms with Gasteiger partial charge in [-0.2, -0.15) is 10.2 Å². The predicted molar refractivity (Wildman–Crippen MR) is 205 cm³/mol. The molecule has 0 saturated carbocycles. The number of aromatic nitrogens is 3. The van der Waals surface area contributed by atoms with Crippen molar-refractivity contribution < 1.29 is 29.2 Å². The maximum atomic E-state index is 11.8. The van der Waals surface area contributed by atoms with E-state index in [-0.39, 0.29) is 25.1 Å². The van der Waals surface area contributed by atoms with E-state index in [1.54, 1.807) is 31.5 Å². The highest BCUT2D eigenvalue weighted by molar-refractivity contribution is 6.02.